The predicted molar refractivity (Wildman–Crippen MR) is 32.6 cm³/mol. The van der Waals surface area contributed by atoms with Crippen molar-refractivity contribution in [2.45, 2.75) is 6.42 Å². The molecule has 0 aromatic heterocycles. The fourth-order valence-corrected chi connectivity index (χ4v) is 0.422. The van der Waals surface area contributed by atoms with Gasteiger partial charge in [-0.25, -0.2) is 4.79 Å². The molecule has 0 saturated heterocycles. The van der Waals surface area contributed by atoms with Crippen LogP contribution < -0.4 is 0 Å². The predicted octanol–water partition coefficient (Wildman–Crippen LogP) is 0.527. The molecule has 0 atom stereocenters. The van der Waals surface area contributed by atoms with E-state index in [4.69, 9.17) is 5.11 Å². The lowest BCUT2D eigenvalue weighted by Gasteiger charge is -1.92. The maximum atomic E-state index is 10.2. The molecule has 0 aromatic rings. The minimum absolute atomic E-state index is 0.0232. The molecule has 0 saturated carbocycles. The summed E-state index contributed by atoms with van der Waals surface area (Å²) in [5.41, 5.74) is 0. The van der Waals surface area contributed by atoms with Gasteiger partial charge in [0.1, 0.15) is 0 Å². The fourth-order valence-electron chi connectivity index (χ4n) is 0.240. The first-order valence-electron chi connectivity index (χ1n) is 2.21. The van der Waals surface area contributed by atoms with Gasteiger partial charge in [0.15, 0.2) is 0 Å². The van der Waals surface area contributed by atoms with E-state index in [1.54, 1.807) is 0 Å². The number of carbonyl (C=O) groups is 2. The van der Waals surface area contributed by atoms with E-state index in [1.807, 2.05) is 0 Å². The second-order valence-corrected chi connectivity index (χ2v) is 1.66. The zero-order valence-corrected chi connectivity index (χ0v) is 5.43. The van der Waals surface area contributed by atoms with Gasteiger partial charge in [-0.05, 0) is 0 Å². The second-order valence-electron chi connectivity index (χ2n) is 1.21. The van der Waals surface area contributed by atoms with Crippen LogP contribution in [0, 0.1) is 0 Å². The molecule has 0 heterocycles. The highest BCUT2D eigenvalue weighted by molar-refractivity contribution is 7.80. The van der Waals surface area contributed by atoms with E-state index >= 15 is 0 Å². The number of thiol groups is 1. The van der Waals surface area contributed by atoms with Crippen molar-refractivity contribution in [3.05, 3.63) is 0 Å². The molecular weight excluding hydrogens is 144 g/mol. The van der Waals surface area contributed by atoms with Crippen molar-refractivity contribution < 1.29 is 19.4 Å². The molecule has 0 unspecified atom stereocenters. The van der Waals surface area contributed by atoms with Crippen LogP contribution in [0.4, 0.5) is 4.79 Å². The number of rotatable bonds is 2. The smallest absolute Gasteiger partial charge is 0.449 e. The highest BCUT2D eigenvalue weighted by Gasteiger charge is 2.05. The van der Waals surface area contributed by atoms with E-state index in [2.05, 4.69) is 17.4 Å². The Morgan fingerprint density at radius 2 is 2.11 bits per heavy atom. The van der Waals surface area contributed by atoms with Gasteiger partial charge in [-0.2, -0.15) is 12.6 Å². The van der Waals surface area contributed by atoms with E-state index in [1.165, 1.54) is 0 Å². The minimum Gasteiger partial charge on any atom is -0.449 e. The van der Waals surface area contributed by atoms with E-state index in [9.17, 15) is 9.59 Å². The van der Waals surface area contributed by atoms with Crippen LogP contribution in [0.15, 0.2) is 0 Å². The van der Waals surface area contributed by atoms with Crippen molar-refractivity contribution in [2.75, 3.05) is 5.75 Å². The summed E-state index contributed by atoms with van der Waals surface area (Å²) in [7, 11) is 0. The molecule has 0 rings (SSSR count). The van der Waals surface area contributed by atoms with Crippen LogP contribution in [-0.4, -0.2) is 23.0 Å². The summed E-state index contributed by atoms with van der Waals surface area (Å²) in [6.45, 7) is 0. The Morgan fingerprint density at radius 1 is 1.56 bits per heavy atom. The molecular formula is C4H6O4S. The SMILES string of the molecule is O=C(O)OC(=O)CCS. The van der Waals surface area contributed by atoms with Crippen LogP contribution in [0.5, 0.6) is 0 Å². The Labute approximate surface area is 57.2 Å². The lowest BCUT2D eigenvalue weighted by atomic mass is 10.5. The third kappa shape index (κ3) is 5.16. The Kier molecular flexibility index (Phi) is 3.87. The lowest BCUT2D eigenvalue weighted by molar-refractivity contribution is -0.138. The van der Waals surface area contributed by atoms with Gasteiger partial charge in [-0.15, -0.1) is 0 Å². The summed E-state index contributed by atoms with van der Waals surface area (Å²) in [4.78, 5) is 19.8. The van der Waals surface area contributed by atoms with Crippen LogP contribution >= 0.6 is 12.6 Å². The van der Waals surface area contributed by atoms with E-state index in [0.29, 0.717) is 5.75 Å². The first-order valence-corrected chi connectivity index (χ1v) is 2.84. The summed E-state index contributed by atoms with van der Waals surface area (Å²) in [6.07, 6.45) is -1.54. The summed E-state index contributed by atoms with van der Waals surface area (Å²) in [5, 5.41) is 7.84. The summed E-state index contributed by atoms with van der Waals surface area (Å²) < 4.78 is 3.72. The normalized spacial score (nSPS) is 8.56. The van der Waals surface area contributed by atoms with E-state index in [0.717, 1.165) is 0 Å². The Bertz CT molecular complexity index is 122. The summed E-state index contributed by atoms with van der Waals surface area (Å²) >= 11 is 3.69. The zero-order valence-electron chi connectivity index (χ0n) is 4.53. The standard InChI is InChI=1S/C4H6O4S/c5-3(1-2-9)8-4(6)7/h9H,1-2H2,(H,6,7). The van der Waals surface area contributed by atoms with Gasteiger partial charge in [0.05, 0.1) is 6.42 Å². The van der Waals surface area contributed by atoms with Crippen LogP contribution in [0.2, 0.25) is 0 Å². The van der Waals surface area contributed by atoms with E-state index < -0.39 is 12.1 Å². The van der Waals surface area contributed by atoms with Gasteiger partial charge in [-0.1, -0.05) is 0 Å². The number of hydrogen-bond donors (Lipinski definition) is 2. The molecule has 4 nitrogen and oxygen atoms in total. The van der Waals surface area contributed by atoms with Crippen molar-refractivity contribution in [2.24, 2.45) is 0 Å². The molecule has 5 heteroatoms. The van der Waals surface area contributed by atoms with Crippen LogP contribution in [0.25, 0.3) is 0 Å². The molecule has 0 bridgehead atoms. The van der Waals surface area contributed by atoms with Crippen molar-refractivity contribution in [3.8, 4) is 0 Å². The molecule has 0 spiro atoms. The first kappa shape index (κ1) is 8.29. The van der Waals surface area contributed by atoms with Gasteiger partial charge >= 0.3 is 12.1 Å². The molecule has 0 aliphatic rings. The number of carboxylic acid groups (broad SMARTS) is 1. The third-order valence-corrected chi connectivity index (χ3v) is 0.741. The van der Waals surface area contributed by atoms with Gasteiger partial charge in [0.2, 0.25) is 0 Å². The Morgan fingerprint density at radius 3 is 2.44 bits per heavy atom. The molecule has 0 radical (unpaired) electrons. The van der Waals surface area contributed by atoms with Crippen molar-refractivity contribution >= 4 is 24.8 Å². The third-order valence-electron chi connectivity index (χ3n) is 0.517. The molecule has 52 valence electrons. The average Bonchev–Trinajstić information content (AvgIpc) is 1.63. The molecule has 9 heavy (non-hydrogen) atoms. The average molecular weight is 150 g/mol. The van der Waals surface area contributed by atoms with Crippen LogP contribution in [-0.2, 0) is 9.53 Å². The number of esters is 1. The number of ether oxygens (including phenoxy) is 1. The van der Waals surface area contributed by atoms with Crippen molar-refractivity contribution in [1.29, 1.82) is 0 Å². The minimum atomic E-state index is -1.57. The second kappa shape index (κ2) is 4.20. The molecule has 0 aliphatic carbocycles. The van der Waals surface area contributed by atoms with Gasteiger partial charge in [-0.3, -0.25) is 4.79 Å². The molecule has 0 aliphatic heterocycles. The van der Waals surface area contributed by atoms with E-state index in [-0.39, 0.29) is 6.42 Å². The molecule has 0 amide bonds. The quantitative estimate of drug-likeness (QED) is 0.342. The maximum Gasteiger partial charge on any atom is 0.513 e. The Balaban J connectivity index is 3.39. The summed E-state index contributed by atoms with van der Waals surface area (Å²) in [5.74, 6) is -0.468. The van der Waals surface area contributed by atoms with Crippen LogP contribution in [0.1, 0.15) is 6.42 Å². The van der Waals surface area contributed by atoms with Gasteiger partial charge in [0, 0.05) is 5.75 Å². The van der Waals surface area contributed by atoms with Gasteiger partial charge in [0.25, 0.3) is 0 Å². The highest BCUT2D eigenvalue weighted by atomic mass is 32.1. The molecule has 1 N–H and O–H groups in total. The Hall–Kier alpha value is -0.710. The largest absolute Gasteiger partial charge is 0.513 e. The number of hydrogen-bond acceptors (Lipinski definition) is 4. The topological polar surface area (TPSA) is 63.6 Å². The zero-order chi connectivity index (χ0) is 7.28. The summed E-state index contributed by atoms with van der Waals surface area (Å²) in [6, 6.07) is 0. The first-order chi connectivity index (χ1) is 4.16. The molecule has 0 aromatic carbocycles. The van der Waals surface area contributed by atoms with Crippen LogP contribution in [0.3, 0.4) is 0 Å². The fraction of sp³-hybridized carbons (Fsp3) is 0.500. The van der Waals surface area contributed by atoms with Crippen molar-refractivity contribution in [3.63, 3.8) is 0 Å². The molecule has 0 fully saturated rings. The maximum absolute atomic E-state index is 10.2. The lowest BCUT2D eigenvalue weighted by Crippen LogP contribution is -2.09. The number of carbonyl (C=O) groups excluding carboxylic acids is 1. The highest BCUT2D eigenvalue weighted by Crippen LogP contribution is 1.88. The van der Waals surface area contributed by atoms with Gasteiger partial charge < -0.3 is 9.84 Å². The van der Waals surface area contributed by atoms with Crippen molar-refractivity contribution in [1.82, 2.24) is 0 Å². The monoisotopic (exact) mass is 150 g/mol.